The molecule has 1 N–H and O–H groups in total. The summed E-state index contributed by atoms with van der Waals surface area (Å²) in [6.45, 7) is 1.81. The van der Waals surface area contributed by atoms with Gasteiger partial charge in [0.2, 0.25) is 0 Å². The van der Waals surface area contributed by atoms with Gasteiger partial charge in [0.05, 0.1) is 4.47 Å². The second kappa shape index (κ2) is 5.31. The molecule has 18 heavy (non-hydrogen) atoms. The Morgan fingerprint density at radius 2 is 1.89 bits per heavy atom. The lowest BCUT2D eigenvalue weighted by atomic mass is 10.1. The first-order chi connectivity index (χ1) is 8.58. The van der Waals surface area contributed by atoms with Crippen molar-refractivity contribution in [3.05, 3.63) is 63.9 Å². The molecule has 0 aliphatic rings. The molecule has 4 heteroatoms. The first-order valence-electron chi connectivity index (χ1n) is 5.40. The SMILES string of the molecule is Cc1cc(Br)c(F)cc1NC(=O)c1ccccc1. The molecule has 2 aromatic carbocycles. The van der Waals surface area contributed by atoms with E-state index in [9.17, 15) is 9.18 Å². The minimum atomic E-state index is -0.399. The summed E-state index contributed by atoms with van der Waals surface area (Å²) in [5.41, 5.74) is 1.82. The van der Waals surface area contributed by atoms with Crippen molar-refractivity contribution in [3.63, 3.8) is 0 Å². The van der Waals surface area contributed by atoms with Gasteiger partial charge in [0.1, 0.15) is 5.82 Å². The summed E-state index contributed by atoms with van der Waals surface area (Å²) in [4.78, 5) is 11.9. The number of hydrogen-bond donors (Lipinski definition) is 1. The van der Waals surface area contributed by atoms with Crippen molar-refractivity contribution in [1.29, 1.82) is 0 Å². The van der Waals surface area contributed by atoms with Gasteiger partial charge in [0.15, 0.2) is 0 Å². The fourth-order valence-corrected chi connectivity index (χ4v) is 2.02. The maximum absolute atomic E-state index is 13.4. The maximum Gasteiger partial charge on any atom is 0.255 e. The van der Waals surface area contributed by atoms with Crippen LogP contribution < -0.4 is 5.32 Å². The molecular formula is C14H11BrFNO. The van der Waals surface area contributed by atoms with Crippen LogP contribution in [0.25, 0.3) is 0 Å². The Bertz CT molecular complexity index is 584. The number of benzene rings is 2. The summed E-state index contributed by atoms with van der Waals surface area (Å²) in [7, 11) is 0. The standard InChI is InChI=1S/C14H11BrFNO/c1-9-7-11(15)12(16)8-13(9)17-14(18)10-5-3-2-4-6-10/h2-8H,1H3,(H,17,18). The number of rotatable bonds is 2. The van der Waals surface area contributed by atoms with Crippen LogP contribution in [0.4, 0.5) is 10.1 Å². The van der Waals surface area contributed by atoms with E-state index in [1.54, 1.807) is 30.3 Å². The Labute approximate surface area is 113 Å². The van der Waals surface area contributed by atoms with Gasteiger partial charge in [-0.05, 0) is 52.7 Å². The van der Waals surface area contributed by atoms with Crippen molar-refractivity contribution in [2.24, 2.45) is 0 Å². The molecule has 2 aromatic rings. The third kappa shape index (κ3) is 2.76. The second-order valence-electron chi connectivity index (χ2n) is 3.90. The van der Waals surface area contributed by atoms with Gasteiger partial charge in [-0.1, -0.05) is 18.2 Å². The van der Waals surface area contributed by atoms with E-state index >= 15 is 0 Å². The minimum Gasteiger partial charge on any atom is -0.322 e. The molecule has 1 amide bonds. The van der Waals surface area contributed by atoms with Gasteiger partial charge in [0, 0.05) is 11.3 Å². The molecule has 0 atom stereocenters. The number of aryl methyl sites for hydroxylation is 1. The second-order valence-corrected chi connectivity index (χ2v) is 4.76. The van der Waals surface area contributed by atoms with Gasteiger partial charge in [0.25, 0.3) is 5.91 Å². The fourth-order valence-electron chi connectivity index (χ4n) is 1.56. The van der Waals surface area contributed by atoms with Crippen molar-refractivity contribution in [1.82, 2.24) is 0 Å². The molecule has 0 aliphatic heterocycles. The van der Waals surface area contributed by atoms with E-state index in [0.29, 0.717) is 15.7 Å². The van der Waals surface area contributed by atoms with Crippen LogP contribution in [0, 0.1) is 12.7 Å². The molecule has 0 spiro atoms. The predicted octanol–water partition coefficient (Wildman–Crippen LogP) is 4.15. The maximum atomic E-state index is 13.4. The molecule has 0 saturated heterocycles. The van der Waals surface area contributed by atoms with Crippen LogP contribution in [-0.2, 0) is 0 Å². The first kappa shape index (κ1) is 12.8. The molecule has 0 bridgehead atoms. The number of nitrogens with one attached hydrogen (secondary N) is 1. The Hall–Kier alpha value is -1.68. The normalized spacial score (nSPS) is 10.2. The largest absolute Gasteiger partial charge is 0.322 e. The van der Waals surface area contributed by atoms with Crippen LogP contribution in [0.5, 0.6) is 0 Å². The first-order valence-corrected chi connectivity index (χ1v) is 6.19. The van der Waals surface area contributed by atoms with Gasteiger partial charge in [-0.3, -0.25) is 4.79 Å². The van der Waals surface area contributed by atoms with Crippen molar-refractivity contribution < 1.29 is 9.18 Å². The highest BCUT2D eigenvalue weighted by atomic mass is 79.9. The molecule has 0 saturated carbocycles. The van der Waals surface area contributed by atoms with E-state index in [4.69, 9.17) is 0 Å². The Morgan fingerprint density at radius 3 is 2.56 bits per heavy atom. The highest BCUT2D eigenvalue weighted by Gasteiger charge is 2.09. The van der Waals surface area contributed by atoms with Gasteiger partial charge in [-0.2, -0.15) is 0 Å². The quantitative estimate of drug-likeness (QED) is 0.887. The molecule has 0 fully saturated rings. The molecule has 0 heterocycles. The van der Waals surface area contributed by atoms with Gasteiger partial charge >= 0.3 is 0 Å². The average Bonchev–Trinajstić information content (AvgIpc) is 2.37. The van der Waals surface area contributed by atoms with E-state index in [2.05, 4.69) is 21.2 Å². The minimum absolute atomic E-state index is 0.250. The summed E-state index contributed by atoms with van der Waals surface area (Å²) < 4.78 is 13.8. The topological polar surface area (TPSA) is 29.1 Å². The van der Waals surface area contributed by atoms with E-state index in [-0.39, 0.29) is 5.91 Å². The predicted molar refractivity (Wildman–Crippen MR) is 73.2 cm³/mol. The lowest BCUT2D eigenvalue weighted by Gasteiger charge is -2.09. The smallest absolute Gasteiger partial charge is 0.255 e. The fraction of sp³-hybridized carbons (Fsp3) is 0.0714. The molecule has 92 valence electrons. The summed E-state index contributed by atoms with van der Waals surface area (Å²) in [5, 5.41) is 2.69. The highest BCUT2D eigenvalue weighted by molar-refractivity contribution is 9.10. The zero-order chi connectivity index (χ0) is 13.1. The van der Waals surface area contributed by atoms with Crippen LogP contribution in [0.1, 0.15) is 15.9 Å². The number of hydrogen-bond acceptors (Lipinski definition) is 1. The Balaban J connectivity index is 2.25. The van der Waals surface area contributed by atoms with E-state index in [1.165, 1.54) is 6.07 Å². The third-order valence-corrected chi connectivity index (χ3v) is 3.16. The lowest BCUT2D eigenvalue weighted by Crippen LogP contribution is -2.12. The summed E-state index contributed by atoms with van der Waals surface area (Å²) in [6.07, 6.45) is 0. The van der Waals surface area contributed by atoms with Crippen LogP contribution >= 0.6 is 15.9 Å². The van der Waals surface area contributed by atoms with Crippen molar-refractivity contribution in [3.8, 4) is 0 Å². The summed E-state index contributed by atoms with van der Waals surface area (Å²) in [6, 6.07) is 11.8. The summed E-state index contributed by atoms with van der Waals surface area (Å²) >= 11 is 3.10. The zero-order valence-electron chi connectivity index (χ0n) is 9.71. The molecule has 0 radical (unpaired) electrons. The molecule has 0 aliphatic carbocycles. The van der Waals surface area contributed by atoms with Crippen molar-refractivity contribution >= 4 is 27.5 Å². The number of halogens is 2. The van der Waals surface area contributed by atoms with Crippen LogP contribution in [0.15, 0.2) is 46.9 Å². The van der Waals surface area contributed by atoms with Gasteiger partial charge in [-0.15, -0.1) is 0 Å². The molecule has 2 nitrogen and oxygen atoms in total. The van der Waals surface area contributed by atoms with E-state index in [0.717, 1.165) is 5.56 Å². The van der Waals surface area contributed by atoms with Crippen molar-refractivity contribution in [2.75, 3.05) is 5.32 Å². The Kier molecular flexibility index (Phi) is 3.77. The van der Waals surface area contributed by atoms with Crippen LogP contribution in [-0.4, -0.2) is 5.91 Å². The third-order valence-electron chi connectivity index (χ3n) is 2.55. The molecule has 0 unspecified atom stereocenters. The monoisotopic (exact) mass is 307 g/mol. The summed E-state index contributed by atoms with van der Waals surface area (Å²) in [5.74, 6) is -0.649. The highest BCUT2D eigenvalue weighted by Crippen LogP contribution is 2.24. The zero-order valence-corrected chi connectivity index (χ0v) is 11.3. The van der Waals surface area contributed by atoms with Crippen LogP contribution in [0.2, 0.25) is 0 Å². The average molecular weight is 308 g/mol. The van der Waals surface area contributed by atoms with Gasteiger partial charge in [-0.25, -0.2) is 4.39 Å². The van der Waals surface area contributed by atoms with Gasteiger partial charge < -0.3 is 5.32 Å². The molecule has 0 aromatic heterocycles. The number of anilines is 1. The van der Waals surface area contributed by atoms with E-state index < -0.39 is 5.82 Å². The number of carbonyl (C=O) groups is 1. The Morgan fingerprint density at radius 1 is 1.22 bits per heavy atom. The lowest BCUT2D eigenvalue weighted by molar-refractivity contribution is 0.102. The molecular weight excluding hydrogens is 297 g/mol. The number of carbonyl (C=O) groups excluding carboxylic acids is 1. The van der Waals surface area contributed by atoms with Crippen LogP contribution in [0.3, 0.4) is 0 Å². The molecule has 2 rings (SSSR count). The van der Waals surface area contributed by atoms with E-state index in [1.807, 2.05) is 13.0 Å². The number of amides is 1. The van der Waals surface area contributed by atoms with Crippen molar-refractivity contribution in [2.45, 2.75) is 6.92 Å².